The lowest BCUT2D eigenvalue weighted by Gasteiger charge is -2.22. The predicted octanol–water partition coefficient (Wildman–Crippen LogP) is -2.31. The van der Waals surface area contributed by atoms with Gasteiger partial charge < -0.3 is 54.5 Å². The Hall–Kier alpha value is -4.11. The molecule has 0 aromatic rings. The molecule has 1 rings (SSSR count). The van der Waals surface area contributed by atoms with E-state index in [0.29, 0.717) is 57.8 Å². The molecule has 0 radical (unpaired) electrons. The molecule has 0 aromatic heterocycles. The van der Waals surface area contributed by atoms with Crippen LogP contribution in [-0.2, 0) is 57.2 Å². The standard InChI is InChI=1S/C28H48N6O14/c1-22(35)29-5-11-42-17-19-44-13-7-31-27(40)46-15-9-33(21-26(39)48-34-24(37)3-4-25(34)38)10-16-47-28(41)32-8-14-45-20-18-43-12-6-30-23(2)36/h3-21H2,1-2H3,(H,29,35)(H,30,36)(H,31,40)(H,32,41). The van der Waals surface area contributed by atoms with E-state index >= 15 is 0 Å². The van der Waals surface area contributed by atoms with Gasteiger partial charge in [-0.3, -0.25) is 24.1 Å². The summed E-state index contributed by atoms with van der Waals surface area (Å²) in [4.78, 5) is 87.9. The zero-order chi connectivity index (χ0) is 35.4. The van der Waals surface area contributed by atoms with Gasteiger partial charge in [-0.15, -0.1) is 5.06 Å². The lowest BCUT2D eigenvalue weighted by molar-refractivity contribution is -0.198. The Morgan fingerprint density at radius 3 is 1.33 bits per heavy atom. The highest BCUT2D eigenvalue weighted by molar-refractivity contribution is 6.01. The molecule has 0 aromatic carbocycles. The van der Waals surface area contributed by atoms with E-state index in [4.69, 9.17) is 33.3 Å². The number of hydrogen-bond acceptors (Lipinski definition) is 15. The third-order valence-electron chi connectivity index (χ3n) is 5.85. The Balaban J connectivity index is 2.29. The van der Waals surface area contributed by atoms with E-state index in [1.807, 2.05) is 0 Å². The Labute approximate surface area is 278 Å². The molecule has 0 saturated carbocycles. The lowest BCUT2D eigenvalue weighted by Crippen LogP contribution is -2.41. The molecule has 6 amide bonds. The van der Waals surface area contributed by atoms with Gasteiger partial charge in [-0.05, 0) is 0 Å². The third-order valence-corrected chi connectivity index (χ3v) is 5.85. The summed E-state index contributed by atoms with van der Waals surface area (Å²) in [6.07, 6.45) is -1.57. The zero-order valence-corrected chi connectivity index (χ0v) is 27.5. The molecule has 4 N–H and O–H groups in total. The summed E-state index contributed by atoms with van der Waals surface area (Å²) in [5, 5.41) is 10.6. The van der Waals surface area contributed by atoms with Crippen LogP contribution in [0.15, 0.2) is 0 Å². The van der Waals surface area contributed by atoms with Gasteiger partial charge in [0.15, 0.2) is 0 Å². The third kappa shape index (κ3) is 23.2. The van der Waals surface area contributed by atoms with Gasteiger partial charge in [-0.2, -0.15) is 0 Å². The van der Waals surface area contributed by atoms with E-state index in [1.54, 1.807) is 0 Å². The van der Waals surface area contributed by atoms with Crippen molar-refractivity contribution in [2.75, 3.05) is 112 Å². The maximum Gasteiger partial charge on any atom is 0.407 e. The molecule has 0 unspecified atom stereocenters. The van der Waals surface area contributed by atoms with Crippen LogP contribution >= 0.6 is 0 Å². The van der Waals surface area contributed by atoms with Crippen molar-refractivity contribution in [3.05, 3.63) is 0 Å². The Bertz CT molecular complexity index is 949. The first-order chi connectivity index (χ1) is 23.1. The van der Waals surface area contributed by atoms with E-state index in [0.717, 1.165) is 0 Å². The van der Waals surface area contributed by atoms with Crippen molar-refractivity contribution >= 4 is 41.8 Å². The number of hydroxylamine groups is 2. The Morgan fingerprint density at radius 1 is 0.583 bits per heavy atom. The van der Waals surface area contributed by atoms with Crippen molar-refractivity contribution in [2.24, 2.45) is 0 Å². The number of rotatable bonds is 27. The van der Waals surface area contributed by atoms with Gasteiger partial charge >= 0.3 is 18.2 Å². The van der Waals surface area contributed by atoms with E-state index in [2.05, 4.69) is 21.3 Å². The Kier molecular flexibility index (Phi) is 23.5. The summed E-state index contributed by atoms with van der Waals surface area (Å²) in [5.74, 6) is -2.44. The monoisotopic (exact) mass is 692 g/mol. The largest absolute Gasteiger partial charge is 0.448 e. The first-order valence-electron chi connectivity index (χ1n) is 15.5. The Morgan fingerprint density at radius 2 is 0.958 bits per heavy atom. The van der Waals surface area contributed by atoms with Crippen LogP contribution in [0.3, 0.4) is 0 Å². The lowest BCUT2D eigenvalue weighted by atomic mass is 10.4. The molecule has 1 heterocycles. The van der Waals surface area contributed by atoms with Crippen LogP contribution < -0.4 is 21.3 Å². The van der Waals surface area contributed by atoms with Crippen molar-refractivity contribution in [2.45, 2.75) is 26.7 Å². The predicted molar refractivity (Wildman–Crippen MR) is 163 cm³/mol. The van der Waals surface area contributed by atoms with Crippen LogP contribution in [0.25, 0.3) is 0 Å². The fourth-order valence-electron chi connectivity index (χ4n) is 3.57. The van der Waals surface area contributed by atoms with Gasteiger partial charge in [0.1, 0.15) is 13.2 Å². The van der Waals surface area contributed by atoms with Crippen LogP contribution in [-0.4, -0.2) is 164 Å². The normalized spacial score (nSPS) is 12.5. The van der Waals surface area contributed by atoms with Gasteiger partial charge in [0, 0.05) is 66.0 Å². The number of hydrogen-bond donors (Lipinski definition) is 4. The number of carbonyl (C=O) groups is 7. The maximum atomic E-state index is 12.4. The molecular weight excluding hydrogens is 644 g/mol. The fourth-order valence-corrected chi connectivity index (χ4v) is 3.57. The van der Waals surface area contributed by atoms with Gasteiger partial charge in [-0.1, -0.05) is 0 Å². The van der Waals surface area contributed by atoms with Crippen LogP contribution in [0.2, 0.25) is 0 Å². The summed E-state index contributed by atoms with van der Waals surface area (Å²) < 4.78 is 31.5. The number of imide groups is 1. The summed E-state index contributed by atoms with van der Waals surface area (Å²) >= 11 is 0. The first kappa shape index (κ1) is 41.9. The summed E-state index contributed by atoms with van der Waals surface area (Å²) in [7, 11) is 0. The number of nitrogens with one attached hydrogen (secondary N) is 4. The molecular formula is C28H48N6O14. The maximum absolute atomic E-state index is 12.4. The number of nitrogens with zero attached hydrogens (tertiary/aromatic N) is 2. The number of carbonyl (C=O) groups excluding carboxylic acids is 7. The molecule has 0 spiro atoms. The van der Waals surface area contributed by atoms with E-state index in [9.17, 15) is 33.6 Å². The van der Waals surface area contributed by atoms with Crippen molar-refractivity contribution in [3.8, 4) is 0 Å². The molecule has 1 aliphatic rings. The van der Waals surface area contributed by atoms with Gasteiger partial charge in [0.05, 0.1) is 59.4 Å². The molecule has 0 atom stereocenters. The van der Waals surface area contributed by atoms with Crippen LogP contribution in [0.4, 0.5) is 9.59 Å². The molecule has 20 nitrogen and oxygen atoms in total. The number of alkyl carbamates (subject to hydrolysis) is 2. The van der Waals surface area contributed by atoms with E-state index < -0.39 is 36.5 Å². The smallest absolute Gasteiger partial charge is 0.407 e. The van der Waals surface area contributed by atoms with Crippen molar-refractivity contribution in [1.29, 1.82) is 0 Å². The van der Waals surface area contributed by atoms with Gasteiger partial charge in [-0.25, -0.2) is 14.4 Å². The number of ether oxygens (including phenoxy) is 6. The van der Waals surface area contributed by atoms with Crippen molar-refractivity contribution in [3.63, 3.8) is 0 Å². The molecule has 1 fully saturated rings. The van der Waals surface area contributed by atoms with Crippen LogP contribution in [0, 0.1) is 0 Å². The summed E-state index contributed by atoms with van der Waals surface area (Å²) in [5.41, 5.74) is 0. The van der Waals surface area contributed by atoms with Gasteiger partial charge in [0.2, 0.25) is 11.8 Å². The summed E-state index contributed by atoms with van der Waals surface area (Å²) in [6, 6.07) is 0. The highest BCUT2D eigenvalue weighted by Crippen LogP contribution is 2.12. The molecule has 1 aliphatic heterocycles. The minimum Gasteiger partial charge on any atom is -0.448 e. The summed E-state index contributed by atoms with van der Waals surface area (Å²) in [6.45, 7) is 5.69. The number of amides is 6. The average Bonchev–Trinajstić information content (AvgIpc) is 3.34. The van der Waals surface area contributed by atoms with Gasteiger partial charge in [0.25, 0.3) is 11.8 Å². The van der Waals surface area contributed by atoms with Crippen molar-refractivity contribution in [1.82, 2.24) is 31.2 Å². The topological polar surface area (TPSA) is 239 Å². The highest BCUT2D eigenvalue weighted by Gasteiger charge is 2.33. The molecule has 274 valence electrons. The minimum atomic E-state index is -0.903. The van der Waals surface area contributed by atoms with Crippen molar-refractivity contribution < 1.29 is 66.8 Å². The van der Waals surface area contributed by atoms with Crippen LogP contribution in [0.5, 0.6) is 0 Å². The van der Waals surface area contributed by atoms with Crippen LogP contribution in [0.1, 0.15) is 26.7 Å². The first-order valence-corrected chi connectivity index (χ1v) is 15.5. The van der Waals surface area contributed by atoms with E-state index in [-0.39, 0.29) is 77.3 Å². The second-order valence-electron chi connectivity index (χ2n) is 9.86. The minimum absolute atomic E-state index is 0.0302. The molecule has 1 saturated heterocycles. The molecule has 20 heteroatoms. The molecule has 0 bridgehead atoms. The average molecular weight is 693 g/mol. The quantitative estimate of drug-likeness (QED) is 0.0522. The SMILES string of the molecule is CC(=O)NCCOCCOCCNC(=O)OCCN(CCOC(=O)NCCOCCOCCNC(C)=O)CC(=O)ON1C(=O)CCC1=O. The molecule has 0 aliphatic carbocycles. The molecule has 48 heavy (non-hydrogen) atoms. The second-order valence-corrected chi connectivity index (χ2v) is 9.86. The second kappa shape index (κ2) is 26.9. The zero-order valence-electron chi connectivity index (χ0n) is 27.5. The fraction of sp³-hybridized carbons (Fsp3) is 0.750. The highest BCUT2D eigenvalue weighted by atomic mass is 16.7. The van der Waals surface area contributed by atoms with E-state index in [1.165, 1.54) is 18.7 Å².